The minimum atomic E-state index is -3.61. The highest BCUT2D eigenvalue weighted by Gasteiger charge is 2.42. The van der Waals surface area contributed by atoms with Crippen LogP contribution in [0.15, 0.2) is 33.6 Å². The summed E-state index contributed by atoms with van der Waals surface area (Å²) in [6.07, 6.45) is 0.580. The molecule has 0 bridgehead atoms. The Labute approximate surface area is 111 Å². The Bertz CT molecular complexity index is 525. The average Bonchev–Trinajstić information content (AvgIpc) is 2.32. The molecule has 0 heterocycles. The van der Waals surface area contributed by atoms with Crippen LogP contribution in [0.5, 0.6) is 0 Å². The van der Waals surface area contributed by atoms with Crippen LogP contribution in [-0.4, -0.2) is 13.2 Å². The van der Waals surface area contributed by atoms with E-state index in [0.29, 0.717) is 12.8 Å². The summed E-state index contributed by atoms with van der Waals surface area (Å²) >= 11 is 3.25. The summed E-state index contributed by atoms with van der Waals surface area (Å²) in [6.45, 7) is 3.45. The second-order valence-electron chi connectivity index (χ2n) is 3.77. The number of sulfone groups is 1. The zero-order valence-electron chi connectivity index (χ0n) is 9.77. The summed E-state index contributed by atoms with van der Waals surface area (Å²) in [5.41, 5.74) is 0. The van der Waals surface area contributed by atoms with E-state index >= 15 is 0 Å². The largest absolute Gasteiger partial charge is 0.222 e. The van der Waals surface area contributed by atoms with Crippen molar-refractivity contribution in [3.8, 4) is 6.07 Å². The van der Waals surface area contributed by atoms with Gasteiger partial charge in [-0.2, -0.15) is 5.26 Å². The number of nitrogens with zero attached hydrogens (tertiary/aromatic N) is 1. The fourth-order valence-electron chi connectivity index (χ4n) is 1.69. The van der Waals surface area contributed by atoms with Gasteiger partial charge < -0.3 is 0 Å². The van der Waals surface area contributed by atoms with Gasteiger partial charge in [0.15, 0.2) is 14.6 Å². The summed E-state index contributed by atoms with van der Waals surface area (Å²) in [5.74, 6) is 0. The van der Waals surface area contributed by atoms with Crippen LogP contribution in [0.3, 0.4) is 0 Å². The first-order valence-electron chi connectivity index (χ1n) is 5.35. The van der Waals surface area contributed by atoms with Gasteiger partial charge in [-0.05, 0) is 37.1 Å². The van der Waals surface area contributed by atoms with Crippen molar-refractivity contribution in [1.29, 1.82) is 5.26 Å². The fraction of sp³-hybridized carbons (Fsp3) is 0.417. The van der Waals surface area contributed by atoms with Gasteiger partial charge in [-0.3, -0.25) is 0 Å². The molecular weight excluding hydrogens is 302 g/mol. The molecule has 1 aromatic carbocycles. The summed E-state index contributed by atoms with van der Waals surface area (Å²) in [7, 11) is -3.61. The van der Waals surface area contributed by atoms with Gasteiger partial charge >= 0.3 is 0 Å². The Hall–Kier alpha value is -0.860. The van der Waals surface area contributed by atoms with Crippen molar-refractivity contribution in [2.75, 3.05) is 0 Å². The lowest BCUT2D eigenvalue weighted by molar-refractivity contribution is 0.539. The number of nitriles is 1. The lowest BCUT2D eigenvalue weighted by Crippen LogP contribution is -2.35. The minimum Gasteiger partial charge on any atom is -0.222 e. The molecule has 0 unspecified atom stereocenters. The van der Waals surface area contributed by atoms with E-state index in [1.165, 1.54) is 12.1 Å². The van der Waals surface area contributed by atoms with Crippen molar-refractivity contribution < 1.29 is 8.42 Å². The first-order chi connectivity index (χ1) is 7.93. The van der Waals surface area contributed by atoms with E-state index in [-0.39, 0.29) is 4.90 Å². The van der Waals surface area contributed by atoms with Gasteiger partial charge in [0.1, 0.15) is 0 Å². The van der Waals surface area contributed by atoms with Crippen molar-refractivity contribution in [3.63, 3.8) is 0 Å². The number of halogens is 1. The number of rotatable bonds is 4. The predicted octanol–water partition coefficient (Wildman–Crippen LogP) is 3.31. The summed E-state index contributed by atoms with van der Waals surface area (Å²) < 4.78 is 24.3. The zero-order valence-corrected chi connectivity index (χ0v) is 12.2. The van der Waals surface area contributed by atoms with E-state index in [9.17, 15) is 13.7 Å². The van der Waals surface area contributed by atoms with Crippen LogP contribution in [0.2, 0.25) is 0 Å². The highest BCUT2D eigenvalue weighted by molar-refractivity contribution is 9.10. The highest BCUT2D eigenvalue weighted by atomic mass is 79.9. The molecule has 0 aliphatic rings. The molecule has 1 rings (SSSR count). The van der Waals surface area contributed by atoms with Crippen molar-refractivity contribution >= 4 is 25.8 Å². The molecule has 0 aromatic heterocycles. The topological polar surface area (TPSA) is 57.9 Å². The standard InChI is InChI=1S/C12H14BrNO2S/c1-3-12(4-2,9-14)17(15,16)11-7-5-10(13)6-8-11/h5-8H,3-4H2,1-2H3. The van der Waals surface area contributed by atoms with Crippen LogP contribution in [0.4, 0.5) is 0 Å². The molecule has 1 aromatic rings. The second kappa shape index (κ2) is 5.19. The van der Waals surface area contributed by atoms with E-state index in [4.69, 9.17) is 0 Å². The SMILES string of the molecule is CCC(C#N)(CC)S(=O)(=O)c1ccc(Br)cc1. The van der Waals surface area contributed by atoms with Crippen molar-refractivity contribution in [1.82, 2.24) is 0 Å². The summed E-state index contributed by atoms with van der Waals surface area (Å²) in [5, 5.41) is 9.19. The lowest BCUT2D eigenvalue weighted by atomic mass is 10.1. The Balaban J connectivity index is 3.38. The molecule has 0 spiro atoms. The van der Waals surface area contributed by atoms with Gasteiger partial charge in [0.2, 0.25) is 0 Å². The van der Waals surface area contributed by atoms with Crippen molar-refractivity contribution in [2.45, 2.75) is 36.3 Å². The second-order valence-corrected chi connectivity index (χ2v) is 6.95. The molecule has 0 N–H and O–H groups in total. The molecule has 0 amide bonds. The van der Waals surface area contributed by atoms with E-state index in [2.05, 4.69) is 15.9 Å². The molecular formula is C12H14BrNO2S. The van der Waals surface area contributed by atoms with Crippen LogP contribution >= 0.6 is 15.9 Å². The molecule has 17 heavy (non-hydrogen) atoms. The molecule has 0 saturated carbocycles. The van der Waals surface area contributed by atoms with Gasteiger partial charge in [0.25, 0.3) is 0 Å². The van der Waals surface area contributed by atoms with Gasteiger partial charge in [-0.1, -0.05) is 29.8 Å². The van der Waals surface area contributed by atoms with Crippen LogP contribution < -0.4 is 0 Å². The van der Waals surface area contributed by atoms with Crippen molar-refractivity contribution in [2.24, 2.45) is 0 Å². The highest BCUT2D eigenvalue weighted by Crippen LogP contribution is 2.31. The zero-order chi connectivity index (χ0) is 13.1. The van der Waals surface area contributed by atoms with Gasteiger partial charge in [-0.15, -0.1) is 0 Å². The maximum absolute atomic E-state index is 12.4. The first kappa shape index (κ1) is 14.2. The maximum Gasteiger partial charge on any atom is 0.197 e. The monoisotopic (exact) mass is 315 g/mol. The Morgan fingerprint density at radius 3 is 2.06 bits per heavy atom. The van der Waals surface area contributed by atoms with Gasteiger partial charge in [0, 0.05) is 4.47 Å². The summed E-state index contributed by atoms with van der Waals surface area (Å²) in [4.78, 5) is 0.200. The average molecular weight is 316 g/mol. The lowest BCUT2D eigenvalue weighted by Gasteiger charge is -2.23. The van der Waals surface area contributed by atoms with E-state index in [1.807, 2.05) is 6.07 Å². The molecule has 5 heteroatoms. The number of hydrogen-bond donors (Lipinski definition) is 0. The maximum atomic E-state index is 12.4. The third-order valence-corrected chi connectivity index (χ3v) is 6.10. The van der Waals surface area contributed by atoms with Crippen LogP contribution in [0, 0.1) is 11.3 Å². The Morgan fingerprint density at radius 1 is 1.24 bits per heavy atom. The molecule has 0 fully saturated rings. The van der Waals surface area contributed by atoms with Crippen molar-refractivity contribution in [3.05, 3.63) is 28.7 Å². The number of hydrogen-bond acceptors (Lipinski definition) is 3. The molecule has 3 nitrogen and oxygen atoms in total. The molecule has 0 radical (unpaired) electrons. The van der Waals surface area contributed by atoms with E-state index < -0.39 is 14.6 Å². The van der Waals surface area contributed by atoms with Crippen LogP contribution in [0.1, 0.15) is 26.7 Å². The third-order valence-electron chi connectivity index (χ3n) is 2.98. The fourth-order valence-corrected chi connectivity index (χ4v) is 3.78. The first-order valence-corrected chi connectivity index (χ1v) is 7.62. The van der Waals surface area contributed by atoms with Gasteiger partial charge in [0.05, 0.1) is 11.0 Å². The molecule has 0 aliphatic carbocycles. The Morgan fingerprint density at radius 2 is 1.71 bits per heavy atom. The molecule has 0 atom stereocenters. The summed E-state index contributed by atoms with van der Waals surface area (Å²) in [6, 6.07) is 8.35. The van der Waals surface area contributed by atoms with Crippen LogP contribution in [-0.2, 0) is 9.84 Å². The normalized spacial score (nSPS) is 12.1. The molecule has 0 saturated heterocycles. The van der Waals surface area contributed by atoms with E-state index in [0.717, 1.165) is 4.47 Å². The number of benzene rings is 1. The van der Waals surface area contributed by atoms with Gasteiger partial charge in [-0.25, -0.2) is 8.42 Å². The third kappa shape index (κ3) is 2.38. The van der Waals surface area contributed by atoms with E-state index in [1.54, 1.807) is 26.0 Å². The predicted molar refractivity (Wildman–Crippen MR) is 70.3 cm³/mol. The quantitative estimate of drug-likeness (QED) is 0.856. The Kier molecular flexibility index (Phi) is 4.34. The molecule has 92 valence electrons. The molecule has 0 aliphatic heterocycles. The smallest absolute Gasteiger partial charge is 0.197 e. The van der Waals surface area contributed by atoms with Crippen LogP contribution in [0.25, 0.3) is 0 Å². The minimum absolute atomic E-state index is 0.200.